The highest BCUT2D eigenvalue weighted by molar-refractivity contribution is 6.00. The first-order valence-corrected chi connectivity index (χ1v) is 9.76. The quantitative estimate of drug-likeness (QED) is 0.623. The van der Waals surface area contributed by atoms with E-state index < -0.39 is 0 Å². The molecule has 4 rings (SSSR count). The summed E-state index contributed by atoms with van der Waals surface area (Å²) in [6.45, 7) is 5.17. The number of benzene rings is 2. The van der Waals surface area contributed by atoms with Gasteiger partial charge in [0.05, 0.1) is 6.04 Å². The minimum absolute atomic E-state index is 0.0763. The van der Waals surface area contributed by atoms with Gasteiger partial charge in [-0.15, -0.1) is 0 Å². The number of aromatic nitrogens is 2. The SMILES string of the molecule is COCCCN1C(=O)c2[nH]nc(-c3cc(C)ccc3O)c2C1c1ccc(C)cc1. The molecule has 6 heteroatoms. The third-order valence-corrected chi connectivity index (χ3v) is 5.41. The molecule has 1 atom stereocenters. The lowest BCUT2D eigenvalue weighted by Crippen LogP contribution is -2.31. The lowest BCUT2D eigenvalue weighted by atomic mass is 9.94. The molecule has 6 nitrogen and oxygen atoms in total. The third kappa shape index (κ3) is 3.40. The van der Waals surface area contributed by atoms with Gasteiger partial charge in [0.25, 0.3) is 5.91 Å². The smallest absolute Gasteiger partial charge is 0.273 e. The number of ether oxygens (including phenoxy) is 1. The number of aromatic amines is 1. The van der Waals surface area contributed by atoms with Gasteiger partial charge in [0.1, 0.15) is 17.1 Å². The fraction of sp³-hybridized carbons (Fsp3) is 0.304. The molecule has 3 aromatic rings. The maximum atomic E-state index is 13.2. The number of phenolic OH excluding ortho intramolecular Hbond substituents is 1. The van der Waals surface area contributed by atoms with Gasteiger partial charge in [0.15, 0.2) is 0 Å². The summed E-state index contributed by atoms with van der Waals surface area (Å²) in [6, 6.07) is 13.4. The zero-order chi connectivity index (χ0) is 20.5. The van der Waals surface area contributed by atoms with Crippen molar-refractivity contribution in [3.8, 4) is 17.0 Å². The molecule has 1 aliphatic heterocycles. The van der Waals surface area contributed by atoms with Gasteiger partial charge in [-0.3, -0.25) is 9.89 Å². The van der Waals surface area contributed by atoms with Gasteiger partial charge in [0.2, 0.25) is 0 Å². The molecule has 1 aromatic heterocycles. The Morgan fingerprint density at radius 2 is 1.86 bits per heavy atom. The summed E-state index contributed by atoms with van der Waals surface area (Å²) in [5.41, 5.74) is 5.76. The molecule has 1 amide bonds. The van der Waals surface area contributed by atoms with Crippen molar-refractivity contribution < 1.29 is 14.6 Å². The Balaban J connectivity index is 1.85. The average Bonchev–Trinajstić information content (AvgIpc) is 3.24. The normalized spacial score (nSPS) is 15.8. The molecular weight excluding hydrogens is 366 g/mol. The van der Waals surface area contributed by atoms with Crippen molar-refractivity contribution in [3.05, 3.63) is 70.4 Å². The lowest BCUT2D eigenvalue weighted by Gasteiger charge is -2.26. The van der Waals surface area contributed by atoms with E-state index in [1.54, 1.807) is 13.2 Å². The van der Waals surface area contributed by atoms with E-state index in [1.807, 2.05) is 30.9 Å². The van der Waals surface area contributed by atoms with Crippen molar-refractivity contribution in [2.45, 2.75) is 26.3 Å². The monoisotopic (exact) mass is 391 g/mol. The molecule has 29 heavy (non-hydrogen) atoms. The standard InChI is InChI=1S/C23H25N3O3/c1-14-5-8-16(9-6-14)22-19-20(17-13-15(2)7-10-18(17)27)24-25-21(19)23(28)26(22)11-4-12-29-3/h5-10,13,22,27H,4,11-12H2,1-3H3,(H,24,25). The summed E-state index contributed by atoms with van der Waals surface area (Å²) < 4.78 is 5.18. The fourth-order valence-corrected chi connectivity index (χ4v) is 3.95. The Labute approximate surface area is 170 Å². The van der Waals surface area contributed by atoms with Crippen LogP contribution in [0.4, 0.5) is 0 Å². The van der Waals surface area contributed by atoms with Crippen LogP contribution in [0.15, 0.2) is 42.5 Å². The van der Waals surface area contributed by atoms with E-state index in [2.05, 4.69) is 34.5 Å². The first kappa shape index (κ1) is 19.2. The number of aromatic hydroxyl groups is 1. The third-order valence-electron chi connectivity index (χ3n) is 5.41. The second-order valence-electron chi connectivity index (χ2n) is 7.54. The maximum Gasteiger partial charge on any atom is 0.273 e. The topological polar surface area (TPSA) is 78.5 Å². The molecule has 0 saturated carbocycles. The second kappa shape index (κ2) is 7.72. The van der Waals surface area contributed by atoms with Crippen molar-refractivity contribution >= 4 is 5.91 Å². The summed E-state index contributed by atoms with van der Waals surface area (Å²) >= 11 is 0. The predicted octanol–water partition coefficient (Wildman–Crippen LogP) is 3.98. The first-order valence-electron chi connectivity index (χ1n) is 9.76. The number of phenols is 1. The van der Waals surface area contributed by atoms with Crippen LogP contribution in [0.5, 0.6) is 5.75 Å². The number of nitrogens with zero attached hydrogens (tertiary/aromatic N) is 2. The van der Waals surface area contributed by atoms with Crippen LogP contribution in [0.1, 0.15) is 45.2 Å². The van der Waals surface area contributed by atoms with Crippen LogP contribution in [-0.4, -0.2) is 46.4 Å². The summed E-state index contributed by atoms with van der Waals surface area (Å²) in [5.74, 6) is 0.0745. The van der Waals surface area contributed by atoms with E-state index >= 15 is 0 Å². The van der Waals surface area contributed by atoms with Gasteiger partial charge in [-0.2, -0.15) is 5.10 Å². The van der Waals surface area contributed by atoms with Gasteiger partial charge >= 0.3 is 0 Å². The number of rotatable bonds is 6. The highest BCUT2D eigenvalue weighted by atomic mass is 16.5. The van der Waals surface area contributed by atoms with E-state index in [-0.39, 0.29) is 17.7 Å². The number of carbonyl (C=O) groups is 1. The van der Waals surface area contributed by atoms with E-state index in [4.69, 9.17) is 4.74 Å². The molecule has 1 aliphatic rings. The lowest BCUT2D eigenvalue weighted by molar-refractivity contribution is 0.0723. The number of aryl methyl sites for hydroxylation is 2. The minimum atomic E-state index is -0.261. The molecule has 2 N–H and O–H groups in total. The van der Waals surface area contributed by atoms with Gasteiger partial charge in [0, 0.05) is 31.4 Å². The fourth-order valence-electron chi connectivity index (χ4n) is 3.95. The largest absolute Gasteiger partial charge is 0.507 e. The summed E-state index contributed by atoms with van der Waals surface area (Å²) in [6.07, 6.45) is 0.743. The Morgan fingerprint density at radius 3 is 2.59 bits per heavy atom. The molecule has 1 unspecified atom stereocenters. The van der Waals surface area contributed by atoms with Crippen LogP contribution in [-0.2, 0) is 4.74 Å². The molecule has 2 aromatic carbocycles. The van der Waals surface area contributed by atoms with Gasteiger partial charge in [-0.1, -0.05) is 41.5 Å². The Hall–Kier alpha value is -3.12. The molecular formula is C23H25N3O3. The van der Waals surface area contributed by atoms with Crippen molar-refractivity contribution in [2.24, 2.45) is 0 Å². The van der Waals surface area contributed by atoms with Crippen LogP contribution in [0.25, 0.3) is 11.3 Å². The number of methoxy groups -OCH3 is 1. The van der Waals surface area contributed by atoms with E-state index in [9.17, 15) is 9.90 Å². The number of carbonyl (C=O) groups excluding carboxylic acids is 1. The van der Waals surface area contributed by atoms with E-state index in [0.29, 0.717) is 30.1 Å². The van der Waals surface area contributed by atoms with E-state index in [1.165, 1.54) is 0 Å². The molecule has 0 bridgehead atoms. The molecule has 150 valence electrons. The molecule has 0 radical (unpaired) electrons. The van der Waals surface area contributed by atoms with Crippen LogP contribution in [0, 0.1) is 13.8 Å². The van der Waals surface area contributed by atoms with Crippen molar-refractivity contribution in [3.63, 3.8) is 0 Å². The summed E-state index contributed by atoms with van der Waals surface area (Å²) in [5, 5.41) is 17.8. The first-order chi connectivity index (χ1) is 14.0. The van der Waals surface area contributed by atoms with Crippen LogP contribution in [0.3, 0.4) is 0 Å². The molecule has 0 spiro atoms. The number of nitrogens with one attached hydrogen (secondary N) is 1. The average molecular weight is 391 g/mol. The molecule has 0 saturated heterocycles. The highest BCUT2D eigenvalue weighted by Crippen LogP contribution is 2.44. The zero-order valence-electron chi connectivity index (χ0n) is 16.9. The second-order valence-corrected chi connectivity index (χ2v) is 7.54. The zero-order valence-corrected chi connectivity index (χ0v) is 16.9. The Kier molecular flexibility index (Phi) is 5.11. The molecule has 2 heterocycles. The Bertz CT molecular complexity index is 1040. The van der Waals surface area contributed by atoms with Crippen molar-refractivity contribution in [2.75, 3.05) is 20.3 Å². The van der Waals surface area contributed by atoms with Crippen LogP contribution >= 0.6 is 0 Å². The number of amides is 1. The number of hydrogen-bond acceptors (Lipinski definition) is 4. The number of hydrogen-bond donors (Lipinski definition) is 2. The van der Waals surface area contributed by atoms with Gasteiger partial charge in [-0.05, 0) is 38.0 Å². The number of H-pyrrole nitrogens is 1. The minimum Gasteiger partial charge on any atom is -0.507 e. The molecule has 0 fully saturated rings. The summed E-state index contributed by atoms with van der Waals surface area (Å²) in [7, 11) is 1.66. The number of fused-ring (bicyclic) bond motifs is 1. The Morgan fingerprint density at radius 1 is 1.14 bits per heavy atom. The maximum absolute atomic E-state index is 13.2. The van der Waals surface area contributed by atoms with Crippen molar-refractivity contribution in [1.82, 2.24) is 15.1 Å². The molecule has 0 aliphatic carbocycles. The van der Waals surface area contributed by atoms with E-state index in [0.717, 1.165) is 28.7 Å². The van der Waals surface area contributed by atoms with Gasteiger partial charge < -0.3 is 14.7 Å². The van der Waals surface area contributed by atoms with Gasteiger partial charge in [-0.25, -0.2) is 0 Å². The van der Waals surface area contributed by atoms with Crippen molar-refractivity contribution in [1.29, 1.82) is 0 Å². The summed E-state index contributed by atoms with van der Waals surface area (Å²) in [4.78, 5) is 15.1. The van der Waals surface area contributed by atoms with Crippen LogP contribution in [0.2, 0.25) is 0 Å². The highest BCUT2D eigenvalue weighted by Gasteiger charge is 2.42. The van der Waals surface area contributed by atoms with Crippen LogP contribution < -0.4 is 0 Å². The predicted molar refractivity (Wildman–Crippen MR) is 111 cm³/mol.